The van der Waals surface area contributed by atoms with Gasteiger partial charge in [-0.1, -0.05) is 31.4 Å². The van der Waals surface area contributed by atoms with Crippen molar-refractivity contribution < 1.29 is 9.90 Å². The smallest absolute Gasteiger partial charge is 0.326 e. The average molecular weight is 244 g/mol. The molecule has 0 unspecified atom stereocenters. The van der Waals surface area contributed by atoms with Crippen LogP contribution in [0.15, 0.2) is 12.4 Å². The van der Waals surface area contributed by atoms with Crippen molar-refractivity contribution in [1.29, 1.82) is 0 Å². The Bertz CT molecular complexity index is 360. The van der Waals surface area contributed by atoms with Gasteiger partial charge in [0.05, 0.1) is 0 Å². The quantitative estimate of drug-likeness (QED) is 0.749. The second-order valence-corrected chi connectivity index (χ2v) is 3.79. The zero-order valence-corrected chi connectivity index (χ0v) is 9.74. The molecule has 0 radical (unpaired) electrons. The molecular formula is C10H14ClN3O2. The van der Waals surface area contributed by atoms with E-state index in [1.807, 2.05) is 6.92 Å². The molecule has 0 aromatic carbocycles. The third-order valence-electron chi connectivity index (χ3n) is 2.10. The Labute approximate surface area is 98.9 Å². The molecule has 1 atom stereocenters. The normalized spacial score (nSPS) is 12.1. The lowest BCUT2D eigenvalue weighted by atomic mass is 10.1. The molecule has 0 spiro atoms. The molecule has 88 valence electrons. The molecule has 0 saturated heterocycles. The van der Waals surface area contributed by atoms with E-state index in [1.54, 1.807) is 0 Å². The van der Waals surface area contributed by atoms with Gasteiger partial charge in [0.2, 0.25) is 0 Å². The third-order valence-corrected chi connectivity index (χ3v) is 2.31. The fraction of sp³-hybridized carbons (Fsp3) is 0.500. The molecule has 16 heavy (non-hydrogen) atoms. The molecule has 0 fully saturated rings. The molecular weight excluding hydrogens is 230 g/mol. The molecule has 0 saturated carbocycles. The largest absolute Gasteiger partial charge is 0.480 e. The second-order valence-electron chi connectivity index (χ2n) is 3.40. The van der Waals surface area contributed by atoms with Gasteiger partial charge < -0.3 is 10.4 Å². The number of anilines is 1. The summed E-state index contributed by atoms with van der Waals surface area (Å²) in [6, 6.07) is 0.870. The summed E-state index contributed by atoms with van der Waals surface area (Å²) in [4.78, 5) is 18.6. The van der Waals surface area contributed by atoms with Crippen LogP contribution in [-0.4, -0.2) is 27.1 Å². The topological polar surface area (TPSA) is 75.1 Å². The Balaban J connectivity index is 2.64. The maximum Gasteiger partial charge on any atom is 0.326 e. The Hall–Kier alpha value is -1.36. The molecule has 5 nitrogen and oxygen atoms in total. The van der Waals surface area contributed by atoms with Gasteiger partial charge in [-0.25, -0.2) is 14.8 Å². The first-order valence-corrected chi connectivity index (χ1v) is 5.48. The van der Waals surface area contributed by atoms with Gasteiger partial charge in [-0.2, -0.15) is 0 Å². The fourth-order valence-corrected chi connectivity index (χ4v) is 1.40. The average Bonchev–Trinajstić information content (AvgIpc) is 2.24. The van der Waals surface area contributed by atoms with E-state index < -0.39 is 12.0 Å². The molecule has 1 aromatic heterocycles. The standard InChI is InChI=1S/C10H14ClN3O2/c1-2-3-4-7(10(15)16)14-9-5-8(11)12-6-13-9/h5-7H,2-4H2,1H3,(H,15,16)(H,12,13,14)/t7-/m1/s1. The van der Waals surface area contributed by atoms with Gasteiger partial charge in [0.1, 0.15) is 23.3 Å². The first-order chi connectivity index (χ1) is 7.63. The van der Waals surface area contributed by atoms with E-state index in [1.165, 1.54) is 12.4 Å². The van der Waals surface area contributed by atoms with E-state index in [2.05, 4.69) is 15.3 Å². The summed E-state index contributed by atoms with van der Waals surface area (Å²) < 4.78 is 0. The van der Waals surface area contributed by atoms with Gasteiger partial charge in [0.25, 0.3) is 0 Å². The van der Waals surface area contributed by atoms with Crippen molar-refractivity contribution in [3.63, 3.8) is 0 Å². The number of carboxylic acids is 1. The number of nitrogens with zero attached hydrogens (tertiary/aromatic N) is 2. The van der Waals surface area contributed by atoms with Crippen LogP contribution in [0.25, 0.3) is 0 Å². The van der Waals surface area contributed by atoms with E-state index in [0.29, 0.717) is 12.2 Å². The number of hydrogen-bond acceptors (Lipinski definition) is 4. The van der Waals surface area contributed by atoms with Crippen LogP contribution in [0.3, 0.4) is 0 Å². The predicted octanol–water partition coefficient (Wildman–Crippen LogP) is 2.19. The number of aliphatic carboxylic acids is 1. The van der Waals surface area contributed by atoms with Crippen LogP contribution in [0.1, 0.15) is 26.2 Å². The molecule has 0 aliphatic carbocycles. The minimum Gasteiger partial charge on any atom is -0.480 e. The molecule has 1 heterocycles. The zero-order chi connectivity index (χ0) is 12.0. The monoisotopic (exact) mass is 243 g/mol. The second kappa shape index (κ2) is 6.27. The van der Waals surface area contributed by atoms with Crippen molar-refractivity contribution in [2.45, 2.75) is 32.2 Å². The predicted molar refractivity (Wildman–Crippen MR) is 61.6 cm³/mol. The summed E-state index contributed by atoms with van der Waals surface area (Å²) in [6.07, 6.45) is 3.66. The van der Waals surface area contributed by atoms with E-state index >= 15 is 0 Å². The van der Waals surface area contributed by atoms with E-state index in [4.69, 9.17) is 16.7 Å². The lowest BCUT2D eigenvalue weighted by molar-refractivity contribution is -0.138. The zero-order valence-electron chi connectivity index (χ0n) is 8.98. The molecule has 0 aliphatic heterocycles. The number of unbranched alkanes of at least 4 members (excludes halogenated alkanes) is 1. The molecule has 0 aliphatic rings. The summed E-state index contributed by atoms with van der Waals surface area (Å²) in [5, 5.41) is 12.1. The highest BCUT2D eigenvalue weighted by Crippen LogP contribution is 2.12. The molecule has 2 N–H and O–H groups in total. The highest BCUT2D eigenvalue weighted by Gasteiger charge is 2.16. The molecule has 0 bridgehead atoms. The summed E-state index contributed by atoms with van der Waals surface area (Å²) in [5.74, 6) is -0.452. The van der Waals surface area contributed by atoms with Crippen molar-refractivity contribution >= 4 is 23.4 Å². The number of aromatic nitrogens is 2. The highest BCUT2D eigenvalue weighted by molar-refractivity contribution is 6.29. The molecule has 1 aromatic rings. The van der Waals surface area contributed by atoms with Gasteiger partial charge in [0, 0.05) is 6.07 Å². The SMILES string of the molecule is CCCC[C@@H](Nc1cc(Cl)ncn1)C(=O)O. The first-order valence-electron chi connectivity index (χ1n) is 5.10. The Morgan fingerprint density at radius 3 is 2.94 bits per heavy atom. The van der Waals surface area contributed by atoms with Crippen molar-refractivity contribution in [3.05, 3.63) is 17.5 Å². The van der Waals surface area contributed by atoms with Crippen molar-refractivity contribution in [3.8, 4) is 0 Å². The van der Waals surface area contributed by atoms with E-state index in [-0.39, 0.29) is 5.15 Å². The fourth-order valence-electron chi connectivity index (χ4n) is 1.26. The highest BCUT2D eigenvalue weighted by atomic mass is 35.5. The van der Waals surface area contributed by atoms with Crippen LogP contribution in [-0.2, 0) is 4.79 Å². The molecule has 6 heteroatoms. The summed E-state index contributed by atoms with van der Waals surface area (Å²) in [5.41, 5.74) is 0. The van der Waals surface area contributed by atoms with Crippen LogP contribution in [0.5, 0.6) is 0 Å². The van der Waals surface area contributed by atoms with Gasteiger partial charge in [-0.15, -0.1) is 0 Å². The maximum absolute atomic E-state index is 11.0. The number of halogens is 1. The van der Waals surface area contributed by atoms with Gasteiger partial charge >= 0.3 is 5.97 Å². The first kappa shape index (κ1) is 12.7. The number of carboxylic acid groups (broad SMARTS) is 1. The summed E-state index contributed by atoms with van der Waals surface area (Å²) in [6.45, 7) is 2.01. The van der Waals surface area contributed by atoms with Crippen molar-refractivity contribution in [2.75, 3.05) is 5.32 Å². The minimum absolute atomic E-state index is 0.289. The van der Waals surface area contributed by atoms with Gasteiger partial charge in [0.15, 0.2) is 0 Å². The van der Waals surface area contributed by atoms with E-state index in [0.717, 1.165) is 12.8 Å². The van der Waals surface area contributed by atoms with Crippen LogP contribution in [0, 0.1) is 0 Å². The van der Waals surface area contributed by atoms with Crippen molar-refractivity contribution in [2.24, 2.45) is 0 Å². The van der Waals surface area contributed by atoms with Crippen LogP contribution < -0.4 is 5.32 Å². The lowest BCUT2D eigenvalue weighted by Crippen LogP contribution is -2.29. The summed E-state index contributed by atoms with van der Waals surface area (Å²) >= 11 is 5.67. The number of hydrogen-bond donors (Lipinski definition) is 2. The minimum atomic E-state index is -0.886. The Morgan fingerprint density at radius 2 is 2.38 bits per heavy atom. The van der Waals surface area contributed by atoms with Crippen LogP contribution >= 0.6 is 11.6 Å². The van der Waals surface area contributed by atoms with Crippen molar-refractivity contribution in [1.82, 2.24) is 9.97 Å². The Morgan fingerprint density at radius 1 is 1.62 bits per heavy atom. The molecule has 0 amide bonds. The third kappa shape index (κ3) is 4.02. The van der Waals surface area contributed by atoms with Gasteiger partial charge in [-0.05, 0) is 6.42 Å². The Kier molecular flexibility index (Phi) is 4.98. The summed E-state index contributed by atoms with van der Waals surface area (Å²) in [7, 11) is 0. The van der Waals surface area contributed by atoms with Crippen LogP contribution in [0.4, 0.5) is 5.82 Å². The molecule has 1 rings (SSSR count). The number of rotatable bonds is 6. The number of carbonyl (C=O) groups is 1. The van der Waals surface area contributed by atoms with E-state index in [9.17, 15) is 4.79 Å². The van der Waals surface area contributed by atoms with Gasteiger partial charge in [-0.3, -0.25) is 0 Å². The number of nitrogens with one attached hydrogen (secondary N) is 1. The lowest BCUT2D eigenvalue weighted by Gasteiger charge is -2.14. The maximum atomic E-state index is 11.0. The van der Waals surface area contributed by atoms with Crippen LogP contribution in [0.2, 0.25) is 5.15 Å².